The minimum Gasteiger partial charge on any atom is -0.478 e. The molecule has 0 bridgehead atoms. The second kappa shape index (κ2) is 10.9. The molecular weight excluding hydrogens is 560 g/mol. The van der Waals surface area contributed by atoms with Crippen molar-refractivity contribution in [1.29, 1.82) is 0 Å². The Balaban J connectivity index is 1.33. The van der Waals surface area contributed by atoms with E-state index in [4.69, 9.17) is 9.47 Å². The third kappa shape index (κ3) is 5.54. The van der Waals surface area contributed by atoms with Crippen molar-refractivity contribution in [1.82, 2.24) is 34.4 Å². The molecule has 0 aliphatic carbocycles. The minimum absolute atomic E-state index is 0.0465. The summed E-state index contributed by atoms with van der Waals surface area (Å²) in [7, 11) is 1.57. The van der Waals surface area contributed by atoms with E-state index >= 15 is 0 Å². The molecule has 1 saturated heterocycles. The quantitative estimate of drug-likeness (QED) is 0.243. The van der Waals surface area contributed by atoms with Crippen LogP contribution < -0.4 is 19.5 Å². The van der Waals surface area contributed by atoms with Crippen molar-refractivity contribution in [3.05, 3.63) is 60.9 Å². The SMILES string of the molecule is Cc1cc(Nc2ncnc3cnc(OC(F)F)c(O[C@@H]4CCN(C)CC4(F)F)c23)ccc1Oc1ccn2ncnc2c1. The first-order valence-electron chi connectivity index (χ1n) is 12.8. The second-order valence-corrected chi connectivity index (χ2v) is 9.78. The Morgan fingerprint density at radius 2 is 1.93 bits per heavy atom. The van der Waals surface area contributed by atoms with E-state index in [0.29, 0.717) is 29.4 Å². The van der Waals surface area contributed by atoms with Crippen LogP contribution in [0.5, 0.6) is 23.1 Å². The van der Waals surface area contributed by atoms with Gasteiger partial charge in [0, 0.05) is 30.9 Å². The van der Waals surface area contributed by atoms with Crippen molar-refractivity contribution in [2.24, 2.45) is 0 Å². The second-order valence-electron chi connectivity index (χ2n) is 9.78. The summed E-state index contributed by atoms with van der Waals surface area (Å²) in [5, 5.41) is 7.24. The Morgan fingerprint density at radius 3 is 2.71 bits per heavy atom. The average molecular weight is 585 g/mol. The molecule has 6 rings (SSSR count). The Hall–Kier alpha value is -4.79. The predicted octanol–water partition coefficient (Wildman–Crippen LogP) is 5.23. The molecule has 0 spiro atoms. The van der Waals surface area contributed by atoms with Gasteiger partial charge in [0.25, 0.3) is 11.8 Å². The molecule has 0 unspecified atom stereocenters. The fraction of sp³-hybridized carbons (Fsp3) is 0.296. The topological polar surface area (TPSA) is 112 Å². The summed E-state index contributed by atoms with van der Waals surface area (Å²) in [6.45, 7) is -1.66. The van der Waals surface area contributed by atoms with Crippen molar-refractivity contribution in [2.45, 2.75) is 32.0 Å². The number of halogens is 4. The summed E-state index contributed by atoms with van der Waals surface area (Å²) in [5.74, 6) is -3.04. The van der Waals surface area contributed by atoms with E-state index < -0.39 is 36.8 Å². The lowest BCUT2D eigenvalue weighted by Gasteiger charge is -2.36. The molecule has 0 radical (unpaired) electrons. The number of aryl methyl sites for hydroxylation is 1. The van der Waals surface area contributed by atoms with Gasteiger partial charge in [-0.05, 0) is 43.8 Å². The van der Waals surface area contributed by atoms with E-state index in [-0.39, 0.29) is 23.1 Å². The average Bonchev–Trinajstić information content (AvgIpc) is 3.40. The Kier molecular flexibility index (Phi) is 7.10. The summed E-state index contributed by atoms with van der Waals surface area (Å²) in [6, 6.07) is 8.73. The molecule has 0 amide bonds. The van der Waals surface area contributed by atoms with Gasteiger partial charge in [0.15, 0.2) is 17.5 Å². The monoisotopic (exact) mass is 584 g/mol. The number of benzene rings is 1. The van der Waals surface area contributed by atoms with Crippen molar-refractivity contribution >= 4 is 28.1 Å². The Labute approximate surface area is 236 Å². The van der Waals surface area contributed by atoms with E-state index in [9.17, 15) is 17.6 Å². The van der Waals surface area contributed by atoms with Crippen LogP contribution in [-0.4, -0.2) is 73.2 Å². The van der Waals surface area contributed by atoms with E-state index in [1.54, 1.807) is 48.1 Å². The lowest BCUT2D eigenvalue weighted by Crippen LogP contribution is -2.52. The van der Waals surface area contributed by atoms with Crippen LogP contribution in [0.1, 0.15) is 12.0 Å². The Bertz CT molecular complexity index is 1750. The number of aromatic nitrogens is 6. The lowest BCUT2D eigenvalue weighted by atomic mass is 10.0. The molecule has 4 aromatic heterocycles. The van der Waals surface area contributed by atoms with Gasteiger partial charge in [-0.3, -0.25) is 0 Å². The van der Waals surface area contributed by atoms with Gasteiger partial charge in [-0.1, -0.05) is 0 Å². The zero-order valence-corrected chi connectivity index (χ0v) is 22.3. The smallest absolute Gasteiger partial charge is 0.388 e. The zero-order chi connectivity index (χ0) is 29.4. The van der Waals surface area contributed by atoms with E-state index in [1.165, 1.54) is 23.8 Å². The van der Waals surface area contributed by atoms with Crippen LogP contribution in [0.3, 0.4) is 0 Å². The fourth-order valence-electron chi connectivity index (χ4n) is 4.72. The predicted molar refractivity (Wildman–Crippen MR) is 143 cm³/mol. The molecule has 5 aromatic rings. The molecule has 5 heterocycles. The van der Waals surface area contributed by atoms with Gasteiger partial charge in [0.05, 0.1) is 23.6 Å². The summed E-state index contributed by atoms with van der Waals surface area (Å²) in [6.07, 6.45) is 3.94. The molecular formula is C27H24F4N8O3. The number of hydrogen-bond donors (Lipinski definition) is 1. The van der Waals surface area contributed by atoms with Gasteiger partial charge < -0.3 is 24.4 Å². The maximum absolute atomic E-state index is 14.9. The largest absolute Gasteiger partial charge is 0.478 e. The molecule has 42 heavy (non-hydrogen) atoms. The van der Waals surface area contributed by atoms with E-state index in [0.717, 1.165) is 5.56 Å². The first-order chi connectivity index (χ1) is 20.2. The summed E-state index contributed by atoms with van der Waals surface area (Å²) in [5.41, 5.74) is 2.11. The number of alkyl halides is 4. The van der Waals surface area contributed by atoms with Gasteiger partial charge in [-0.15, -0.1) is 0 Å². The number of likely N-dealkylation sites (tertiary alicyclic amines) is 1. The van der Waals surface area contributed by atoms with Crippen LogP contribution in [0, 0.1) is 6.92 Å². The van der Waals surface area contributed by atoms with Crippen molar-refractivity contribution in [3.63, 3.8) is 0 Å². The highest BCUT2D eigenvalue weighted by molar-refractivity contribution is 5.96. The molecule has 218 valence electrons. The number of piperidine rings is 1. The number of fused-ring (bicyclic) bond motifs is 2. The first kappa shape index (κ1) is 27.4. The normalized spacial score (nSPS) is 17.1. The highest BCUT2D eigenvalue weighted by Gasteiger charge is 2.46. The van der Waals surface area contributed by atoms with Gasteiger partial charge in [0.1, 0.15) is 30.0 Å². The molecule has 1 N–H and O–H groups in total. The van der Waals surface area contributed by atoms with Crippen molar-refractivity contribution < 1.29 is 31.8 Å². The highest BCUT2D eigenvalue weighted by atomic mass is 19.3. The zero-order valence-electron chi connectivity index (χ0n) is 22.3. The van der Waals surface area contributed by atoms with Crippen molar-refractivity contribution in [2.75, 3.05) is 25.5 Å². The van der Waals surface area contributed by atoms with Crippen LogP contribution in [0.15, 0.2) is 55.4 Å². The van der Waals surface area contributed by atoms with Gasteiger partial charge in [-0.25, -0.2) is 33.2 Å². The van der Waals surface area contributed by atoms with Gasteiger partial charge in [-0.2, -0.15) is 13.9 Å². The fourth-order valence-corrected chi connectivity index (χ4v) is 4.72. The van der Waals surface area contributed by atoms with Gasteiger partial charge in [0.2, 0.25) is 0 Å². The molecule has 1 atom stereocenters. The molecule has 1 fully saturated rings. The number of nitrogens with zero attached hydrogens (tertiary/aromatic N) is 7. The third-order valence-corrected chi connectivity index (χ3v) is 6.71. The van der Waals surface area contributed by atoms with Gasteiger partial charge >= 0.3 is 6.61 Å². The number of hydrogen-bond acceptors (Lipinski definition) is 10. The summed E-state index contributed by atoms with van der Waals surface area (Å²) >= 11 is 0. The first-order valence-corrected chi connectivity index (χ1v) is 12.8. The number of rotatable bonds is 8. The highest BCUT2D eigenvalue weighted by Crippen LogP contribution is 2.42. The summed E-state index contributed by atoms with van der Waals surface area (Å²) in [4.78, 5) is 17.9. The standard InChI is InChI=1S/C27H24F4N8O3/c1-15-9-16(3-4-19(15)40-17-5-8-39-21(10-17)34-14-36-39)37-24-22-18(33-13-35-24)11-32-25(42-26(28)29)23(22)41-20-6-7-38(2)12-27(20,30)31/h3-5,8-11,13-14,20,26H,6-7,12H2,1-2H3,(H,33,35,37)/t20-/m1/s1. The Morgan fingerprint density at radius 1 is 1.07 bits per heavy atom. The molecule has 11 nitrogen and oxygen atoms in total. The maximum Gasteiger partial charge on any atom is 0.388 e. The number of ether oxygens (including phenoxy) is 3. The van der Waals surface area contributed by atoms with E-state index in [1.807, 2.05) is 6.92 Å². The number of nitrogens with one attached hydrogen (secondary N) is 1. The van der Waals surface area contributed by atoms with Crippen LogP contribution in [0.2, 0.25) is 0 Å². The van der Waals surface area contributed by atoms with E-state index in [2.05, 4.69) is 35.1 Å². The van der Waals surface area contributed by atoms with Crippen LogP contribution in [-0.2, 0) is 0 Å². The maximum atomic E-state index is 14.9. The number of pyridine rings is 2. The molecule has 0 saturated carbocycles. The minimum atomic E-state index is -3.27. The van der Waals surface area contributed by atoms with Crippen LogP contribution in [0.4, 0.5) is 29.1 Å². The van der Waals surface area contributed by atoms with Crippen LogP contribution in [0.25, 0.3) is 16.6 Å². The van der Waals surface area contributed by atoms with Crippen LogP contribution >= 0.6 is 0 Å². The summed E-state index contributed by atoms with van der Waals surface area (Å²) < 4.78 is 74.3. The number of anilines is 2. The molecule has 1 aliphatic rings. The van der Waals surface area contributed by atoms with Crippen molar-refractivity contribution in [3.8, 4) is 23.1 Å². The lowest BCUT2D eigenvalue weighted by molar-refractivity contribution is -0.136. The molecule has 1 aromatic carbocycles. The third-order valence-electron chi connectivity index (χ3n) is 6.71. The molecule has 15 heteroatoms. The molecule has 1 aliphatic heterocycles.